The summed E-state index contributed by atoms with van der Waals surface area (Å²) in [5.74, 6) is -0.0760. The van der Waals surface area contributed by atoms with Crippen molar-refractivity contribution < 1.29 is 9.63 Å². The van der Waals surface area contributed by atoms with E-state index in [0.717, 1.165) is 17.7 Å². The molecule has 1 aromatic rings. The van der Waals surface area contributed by atoms with Crippen LogP contribution in [0.3, 0.4) is 0 Å². The van der Waals surface area contributed by atoms with Crippen molar-refractivity contribution in [1.82, 2.24) is 5.06 Å². The van der Waals surface area contributed by atoms with Gasteiger partial charge in [0.15, 0.2) is 0 Å². The summed E-state index contributed by atoms with van der Waals surface area (Å²) in [5.41, 5.74) is 1.27. The summed E-state index contributed by atoms with van der Waals surface area (Å²) in [7, 11) is 3.11. The van der Waals surface area contributed by atoms with E-state index in [0.29, 0.717) is 0 Å². The van der Waals surface area contributed by atoms with E-state index in [1.807, 2.05) is 6.07 Å². The third kappa shape index (κ3) is 2.79. The van der Waals surface area contributed by atoms with Gasteiger partial charge in [-0.25, -0.2) is 5.06 Å². The minimum Gasteiger partial charge on any atom is -0.274 e. The molecule has 0 aliphatic heterocycles. The van der Waals surface area contributed by atoms with Crippen LogP contribution >= 0.6 is 11.3 Å². The third-order valence-corrected chi connectivity index (χ3v) is 3.39. The fourth-order valence-corrected chi connectivity index (χ4v) is 2.42. The SMILES string of the molecule is CCCc1cc(C(=O)N(C)OC)sc1C. The van der Waals surface area contributed by atoms with Crippen LogP contribution in [-0.4, -0.2) is 25.1 Å². The van der Waals surface area contributed by atoms with Gasteiger partial charge >= 0.3 is 0 Å². The van der Waals surface area contributed by atoms with Gasteiger partial charge in [0.1, 0.15) is 0 Å². The Morgan fingerprint density at radius 2 is 2.27 bits per heavy atom. The molecule has 15 heavy (non-hydrogen) atoms. The predicted octanol–water partition coefficient (Wildman–Crippen LogP) is 2.64. The molecule has 0 aromatic carbocycles. The maximum atomic E-state index is 11.8. The molecule has 0 saturated carbocycles. The lowest BCUT2D eigenvalue weighted by molar-refractivity contribution is -0.0753. The highest BCUT2D eigenvalue weighted by Gasteiger charge is 2.15. The Morgan fingerprint density at radius 3 is 2.80 bits per heavy atom. The molecule has 0 unspecified atom stereocenters. The van der Waals surface area contributed by atoms with Crippen molar-refractivity contribution in [2.45, 2.75) is 26.7 Å². The molecule has 0 aliphatic carbocycles. The summed E-state index contributed by atoms with van der Waals surface area (Å²) in [6.07, 6.45) is 2.14. The molecule has 0 bridgehead atoms. The van der Waals surface area contributed by atoms with Crippen LogP contribution in [0.4, 0.5) is 0 Å². The zero-order valence-corrected chi connectivity index (χ0v) is 10.5. The summed E-state index contributed by atoms with van der Waals surface area (Å²) in [5, 5.41) is 1.25. The molecule has 0 aliphatic rings. The Balaban J connectivity index is 2.87. The summed E-state index contributed by atoms with van der Waals surface area (Å²) in [4.78, 5) is 18.6. The number of rotatable bonds is 4. The summed E-state index contributed by atoms with van der Waals surface area (Å²) in [6, 6.07) is 1.97. The van der Waals surface area contributed by atoms with Crippen molar-refractivity contribution in [3.8, 4) is 0 Å². The second kappa shape index (κ2) is 5.28. The van der Waals surface area contributed by atoms with Crippen molar-refractivity contribution in [2.75, 3.05) is 14.2 Å². The van der Waals surface area contributed by atoms with Gasteiger partial charge in [0.05, 0.1) is 12.0 Å². The highest BCUT2D eigenvalue weighted by Crippen LogP contribution is 2.23. The number of hydrogen-bond donors (Lipinski definition) is 0. The van der Waals surface area contributed by atoms with Gasteiger partial charge in [-0.1, -0.05) is 13.3 Å². The fraction of sp³-hybridized carbons (Fsp3) is 0.545. The normalized spacial score (nSPS) is 10.4. The average molecular weight is 227 g/mol. The van der Waals surface area contributed by atoms with Crippen LogP contribution in [0.5, 0.6) is 0 Å². The minimum atomic E-state index is -0.0760. The zero-order valence-electron chi connectivity index (χ0n) is 9.66. The van der Waals surface area contributed by atoms with E-state index in [9.17, 15) is 4.79 Å². The topological polar surface area (TPSA) is 29.5 Å². The van der Waals surface area contributed by atoms with Crippen molar-refractivity contribution in [1.29, 1.82) is 0 Å². The molecule has 84 valence electrons. The van der Waals surface area contributed by atoms with Gasteiger partial charge in [0.2, 0.25) is 0 Å². The number of hydrogen-bond acceptors (Lipinski definition) is 3. The van der Waals surface area contributed by atoms with Gasteiger partial charge in [0, 0.05) is 11.9 Å². The van der Waals surface area contributed by atoms with Crippen molar-refractivity contribution in [3.05, 3.63) is 21.4 Å². The first-order chi connectivity index (χ1) is 7.10. The predicted molar refractivity (Wildman–Crippen MR) is 62.2 cm³/mol. The van der Waals surface area contributed by atoms with Crippen molar-refractivity contribution >= 4 is 17.2 Å². The molecule has 0 fully saturated rings. The van der Waals surface area contributed by atoms with E-state index in [2.05, 4.69) is 13.8 Å². The maximum absolute atomic E-state index is 11.8. The Bertz CT molecular complexity index is 346. The lowest BCUT2D eigenvalue weighted by Crippen LogP contribution is -2.24. The molecule has 3 nitrogen and oxygen atoms in total. The molecule has 1 heterocycles. The Kier molecular flexibility index (Phi) is 4.29. The lowest BCUT2D eigenvalue weighted by Gasteiger charge is -2.11. The maximum Gasteiger partial charge on any atom is 0.287 e. The first kappa shape index (κ1) is 12.2. The van der Waals surface area contributed by atoms with E-state index in [-0.39, 0.29) is 5.91 Å². The van der Waals surface area contributed by atoms with Crippen molar-refractivity contribution in [3.63, 3.8) is 0 Å². The highest BCUT2D eigenvalue weighted by molar-refractivity contribution is 7.14. The van der Waals surface area contributed by atoms with Crippen molar-refractivity contribution in [2.24, 2.45) is 0 Å². The average Bonchev–Trinajstić information content (AvgIpc) is 2.59. The molecule has 1 aromatic heterocycles. The van der Waals surface area contributed by atoms with Gasteiger partial charge in [-0.15, -0.1) is 11.3 Å². The van der Waals surface area contributed by atoms with Gasteiger partial charge < -0.3 is 0 Å². The molecule has 1 amide bonds. The monoisotopic (exact) mass is 227 g/mol. The van der Waals surface area contributed by atoms with E-state index >= 15 is 0 Å². The smallest absolute Gasteiger partial charge is 0.274 e. The lowest BCUT2D eigenvalue weighted by atomic mass is 10.1. The zero-order chi connectivity index (χ0) is 11.4. The van der Waals surface area contributed by atoms with Crippen LogP contribution in [0.25, 0.3) is 0 Å². The molecule has 0 atom stereocenters. The molecule has 0 spiro atoms. The number of carbonyl (C=O) groups excluding carboxylic acids is 1. The number of carbonyl (C=O) groups is 1. The Morgan fingerprint density at radius 1 is 1.60 bits per heavy atom. The quantitative estimate of drug-likeness (QED) is 0.740. The molecule has 4 heteroatoms. The molecule has 1 rings (SSSR count). The first-order valence-corrected chi connectivity index (χ1v) is 5.83. The Hall–Kier alpha value is -0.870. The molecule has 0 N–H and O–H groups in total. The van der Waals surface area contributed by atoms with Crippen LogP contribution in [0.15, 0.2) is 6.07 Å². The van der Waals surface area contributed by atoms with Crippen LogP contribution in [0, 0.1) is 6.92 Å². The van der Waals surface area contributed by atoms with Gasteiger partial charge in [-0.3, -0.25) is 9.63 Å². The molecular weight excluding hydrogens is 210 g/mol. The number of amides is 1. The number of thiophene rings is 1. The minimum absolute atomic E-state index is 0.0760. The van der Waals surface area contributed by atoms with E-state index in [1.165, 1.54) is 34.0 Å². The first-order valence-electron chi connectivity index (χ1n) is 5.01. The summed E-state index contributed by atoms with van der Waals surface area (Å²) < 4.78 is 0. The molecule has 0 saturated heterocycles. The molecule has 0 radical (unpaired) electrons. The highest BCUT2D eigenvalue weighted by atomic mass is 32.1. The van der Waals surface area contributed by atoms with E-state index in [4.69, 9.17) is 4.84 Å². The second-order valence-corrected chi connectivity index (χ2v) is 4.68. The standard InChI is InChI=1S/C11H17NO2S/c1-5-6-9-7-10(15-8(9)2)11(13)12(3)14-4/h7H,5-6H2,1-4H3. The largest absolute Gasteiger partial charge is 0.287 e. The van der Waals surface area contributed by atoms with Gasteiger partial charge in [-0.2, -0.15) is 0 Å². The molecular formula is C11H17NO2S. The number of nitrogens with zero attached hydrogens (tertiary/aromatic N) is 1. The number of aryl methyl sites for hydroxylation is 2. The van der Waals surface area contributed by atoms with Crippen LogP contribution in [0.1, 0.15) is 33.5 Å². The Labute approximate surface area is 94.6 Å². The third-order valence-electron chi connectivity index (χ3n) is 2.31. The van der Waals surface area contributed by atoms with Gasteiger partial charge in [0.25, 0.3) is 5.91 Å². The second-order valence-electron chi connectivity index (χ2n) is 3.43. The van der Waals surface area contributed by atoms with E-state index in [1.54, 1.807) is 7.05 Å². The summed E-state index contributed by atoms with van der Waals surface area (Å²) in [6.45, 7) is 4.19. The van der Waals surface area contributed by atoms with Crippen LogP contribution in [-0.2, 0) is 11.3 Å². The summed E-state index contributed by atoms with van der Waals surface area (Å²) >= 11 is 1.53. The van der Waals surface area contributed by atoms with Gasteiger partial charge in [-0.05, 0) is 25.0 Å². The number of hydroxylamine groups is 2. The fourth-order valence-electron chi connectivity index (χ4n) is 1.38. The van der Waals surface area contributed by atoms with Crippen LogP contribution in [0.2, 0.25) is 0 Å². The van der Waals surface area contributed by atoms with Crippen LogP contribution < -0.4 is 0 Å². The van der Waals surface area contributed by atoms with E-state index < -0.39 is 0 Å².